The van der Waals surface area contributed by atoms with Crippen molar-refractivity contribution in [3.05, 3.63) is 0 Å². The molecule has 0 spiro atoms. The fourth-order valence-electron chi connectivity index (χ4n) is 0.913. The van der Waals surface area contributed by atoms with E-state index in [0.717, 1.165) is 31.1 Å². The third kappa shape index (κ3) is 9.83. The molecular weight excluding hydrogens is 234 g/mol. The molecule has 0 aliphatic carbocycles. The minimum absolute atomic E-state index is 0.150. The van der Waals surface area contributed by atoms with Crippen LogP contribution in [0.15, 0.2) is 0 Å². The molecule has 0 aromatic heterocycles. The van der Waals surface area contributed by atoms with Crippen LogP contribution in [0.1, 0.15) is 25.7 Å². The Balaban J connectivity index is 3.11. The lowest BCUT2D eigenvalue weighted by Gasteiger charge is -2.03. The van der Waals surface area contributed by atoms with Gasteiger partial charge in [-0.15, -0.1) is 0 Å². The first-order chi connectivity index (χ1) is 6.31. The van der Waals surface area contributed by atoms with Crippen LogP contribution in [-0.2, 0) is 9.53 Å². The number of hydrogen-bond acceptors (Lipinski definition) is 2. The van der Waals surface area contributed by atoms with E-state index >= 15 is 0 Å². The summed E-state index contributed by atoms with van der Waals surface area (Å²) in [6, 6.07) is 0. The van der Waals surface area contributed by atoms with E-state index in [2.05, 4.69) is 21.2 Å². The van der Waals surface area contributed by atoms with Crippen molar-refractivity contribution in [2.75, 3.05) is 25.6 Å². The van der Waals surface area contributed by atoms with E-state index in [9.17, 15) is 4.79 Å². The van der Waals surface area contributed by atoms with Gasteiger partial charge in [0.2, 0.25) is 5.91 Å². The number of amides is 1. The maximum absolute atomic E-state index is 11.1. The average molecular weight is 252 g/mol. The lowest BCUT2D eigenvalue weighted by atomic mass is 10.2. The lowest BCUT2D eigenvalue weighted by Crippen LogP contribution is -2.24. The molecule has 0 bridgehead atoms. The maximum Gasteiger partial charge on any atom is 0.219 e. The minimum atomic E-state index is 0.150. The van der Waals surface area contributed by atoms with Gasteiger partial charge in [0, 0.05) is 32.0 Å². The molecule has 1 N–H and O–H groups in total. The van der Waals surface area contributed by atoms with Crippen molar-refractivity contribution >= 4 is 21.8 Å². The first kappa shape index (κ1) is 12.9. The Morgan fingerprint density at radius 1 is 1.38 bits per heavy atom. The number of rotatable bonds is 8. The molecule has 0 aliphatic heterocycles. The van der Waals surface area contributed by atoms with Gasteiger partial charge in [-0.1, -0.05) is 15.9 Å². The third-order valence-corrected chi connectivity index (χ3v) is 2.20. The molecule has 0 aromatic rings. The zero-order chi connectivity index (χ0) is 9.94. The van der Waals surface area contributed by atoms with Gasteiger partial charge in [-0.3, -0.25) is 4.79 Å². The molecular formula is C9H18BrNO2. The molecule has 0 rings (SSSR count). The standard InChI is InChI=1S/C9H18BrNO2/c1-13-8-4-7-11-9(12)5-2-3-6-10/h2-8H2,1H3,(H,11,12). The van der Waals surface area contributed by atoms with Crippen molar-refractivity contribution < 1.29 is 9.53 Å². The Morgan fingerprint density at radius 3 is 2.77 bits per heavy atom. The van der Waals surface area contributed by atoms with E-state index < -0.39 is 0 Å². The molecule has 0 aliphatic rings. The molecule has 0 aromatic carbocycles. The first-order valence-electron chi connectivity index (χ1n) is 4.63. The number of hydrogen-bond donors (Lipinski definition) is 1. The van der Waals surface area contributed by atoms with Crippen LogP contribution >= 0.6 is 15.9 Å². The monoisotopic (exact) mass is 251 g/mol. The van der Waals surface area contributed by atoms with Gasteiger partial charge in [-0.25, -0.2) is 0 Å². The normalized spacial score (nSPS) is 10.0. The molecule has 0 saturated heterocycles. The minimum Gasteiger partial charge on any atom is -0.385 e. The lowest BCUT2D eigenvalue weighted by molar-refractivity contribution is -0.121. The first-order valence-corrected chi connectivity index (χ1v) is 5.75. The predicted octanol–water partition coefficient (Wildman–Crippen LogP) is 1.70. The predicted molar refractivity (Wildman–Crippen MR) is 57.1 cm³/mol. The number of unbranched alkanes of at least 4 members (excludes halogenated alkanes) is 1. The number of nitrogens with one attached hydrogen (secondary N) is 1. The maximum atomic E-state index is 11.1. The third-order valence-electron chi connectivity index (χ3n) is 1.63. The van der Waals surface area contributed by atoms with Crippen LogP contribution < -0.4 is 5.32 Å². The number of ether oxygens (including phenoxy) is 1. The van der Waals surface area contributed by atoms with Crippen molar-refractivity contribution in [2.24, 2.45) is 0 Å². The number of carbonyl (C=O) groups is 1. The largest absolute Gasteiger partial charge is 0.385 e. The Labute approximate surface area is 88.4 Å². The molecule has 13 heavy (non-hydrogen) atoms. The summed E-state index contributed by atoms with van der Waals surface area (Å²) in [5.41, 5.74) is 0. The van der Waals surface area contributed by atoms with Crippen LogP contribution in [0.25, 0.3) is 0 Å². The van der Waals surface area contributed by atoms with Crippen molar-refractivity contribution in [1.82, 2.24) is 5.32 Å². The molecule has 0 atom stereocenters. The second kappa shape index (κ2) is 9.99. The van der Waals surface area contributed by atoms with E-state index in [0.29, 0.717) is 13.0 Å². The number of alkyl halides is 1. The molecule has 3 nitrogen and oxygen atoms in total. The Bertz CT molecular complexity index is 131. The zero-order valence-electron chi connectivity index (χ0n) is 8.14. The van der Waals surface area contributed by atoms with Crippen LogP contribution in [-0.4, -0.2) is 31.5 Å². The van der Waals surface area contributed by atoms with E-state index in [4.69, 9.17) is 4.74 Å². The fourth-order valence-corrected chi connectivity index (χ4v) is 1.31. The van der Waals surface area contributed by atoms with E-state index in [1.807, 2.05) is 0 Å². The van der Waals surface area contributed by atoms with E-state index in [1.165, 1.54) is 0 Å². The Hall–Kier alpha value is -0.0900. The van der Waals surface area contributed by atoms with E-state index in [-0.39, 0.29) is 5.91 Å². The molecule has 0 heterocycles. The molecule has 0 radical (unpaired) electrons. The van der Waals surface area contributed by atoms with E-state index in [1.54, 1.807) is 7.11 Å². The summed E-state index contributed by atoms with van der Waals surface area (Å²) in [7, 11) is 1.66. The summed E-state index contributed by atoms with van der Waals surface area (Å²) < 4.78 is 4.86. The molecule has 0 fully saturated rings. The van der Waals surface area contributed by atoms with Gasteiger partial charge in [0.05, 0.1) is 0 Å². The Morgan fingerprint density at radius 2 is 2.15 bits per heavy atom. The zero-order valence-corrected chi connectivity index (χ0v) is 9.73. The highest BCUT2D eigenvalue weighted by molar-refractivity contribution is 9.09. The van der Waals surface area contributed by atoms with Gasteiger partial charge in [-0.2, -0.15) is 0 Å². The van der Waals surface area contributed by atoms with Crippen molar-refractivity contribution in [2.45, 2.75) is 25.7 Å². The van der Waals surface area contributed by atoms with Crippen LogP contribution in [0, 0.1) is 0 Å². The summed E-state index contributed by atoms with van der Waals surface area (Å²) in [5.74, 6) is 0.150. The smallest absolute Gasteiger partial charge is 0.219 e. The summed E-state index contributed by atoms with van der Waals surface area (Å²) in [4.78, 5) is 11.1. The van der Waals surface area contributed by atoms with Crippen molar-refractivity contribution in [3.8, 4) is 0 Å². The molecule has 0 unspecified atom stereocenters. The fraction of sp³-hybridized carbons (Fsp3) is 0.889. The number of methoxy groups -OCH3 is 1. The summed E-state index contributed by atoms with van der Waals surface area (Å²) >= 11 is 3.32. The van der Waals surface area contributed by atoms with Gasteiger partial charge in [0.1, 0.15) is 0 Å². The van der Waals surface area contributed by atoms with Crippen LogP contribution in [0.4, 0.5) is 0 Å². The molecule has 4 heteroatoms. The van der Waals surface area contributed by atoms with Gasteiger partial charge in [0.25, 0.3) is 0 Å². The second-order valence-corrected chi connectivity index (χ2v) is 3.64. The topological polar surface area (TPSA) is 38.3 Å². The Kier molecular flexibility index (Phi) is 9.92. The van der Waals surface area contributed by atoms with Crippen molar-refractivity contribution in [3.63, 3.8) is 0 Å². The van der Waals surface area contributed by atoms with Crippen LogP contribution in [0.5, 0.6) is 0 Å². The SMILES string of the molecule is COCCCNC(=O)CCCCBr. The average Bonchev–Trinajstić information content (AvgIpc) is 2.13. The molecule has 1 amide bonds. The number of carbonyl (C=O) groups excluding carboxylic acids is 1. The second-order valence-electron chi connectivity index (χ2n) is 2.84. The highest BCUT2D eigenvalue weighted by atomic mass is 79.9. The van der Waals surface area contributed by atoms with Gasteiger partial charge in [0.15, 0.2) is 0 Å². The molecule has 0 saturated carbocycles. The van der Waals surface area contributed by atoms with Gasteiger partial charge in [-0.05, 0) is 19.3 Å². The summed E-state index contributed by atoms with van der Waals surface area (Å²) in [6.07, 6.45) is 3.55. The highest BCUT2D eigenvalue weighted by Gasteiger charge is 1.98. The quantitative estimate of drug-likeness (QED) is 0.527. The van der Waals surface area contributed by atoms with Gasteiger partial charge >= 0.3 is 0 Å². The number of halogens is 1. The van der Waals surface area contributed by atoms with Crippen LogP contribution in [0.3, 0.4) is 0 Å². The summed E-state index contributed by atoms with van der Waals surface area (Å²) in [5, 5.41) is 3.82. The molecule has 78 valence electrons. The van der Waals surface area contributed by atoms with Crippen LogP contribution in [0.2, 0.25) is 0 Å². The summed E-state index contributed by atoms with van der Waals surface area (Å²) in [6.45, 7) is 1.43. The highest BCUT2D eigenvalue weighted by Crippen LogP contribution is 1.97. The van der Waals surface area contributed by atoms with Gasteiger partial charge < -0.3 is 10.1 Å². The van der Waals surface area contributed by atoms with Crippen molar-refractivity contribution in [1.29, 1.82) is 0 Å².